The van der Waals surface area contributed by atoms with Crippen molar-refractivity contribution in [3.8, 4) is 11.1 Å². The van der Waals surface area contributed by atoms with Crippen molar-refractivity contribution in [1.82, 2.24) is 10.2 Å². The van der Waals surface area contributed by atoms with Crippen molar-refractivity contribution in [2.45, 2.75) is 45.1 Å². The largest absolute Gasteiger partial charge is 0.480 e. The van der Waals surface area contributed by atoms with Crippen LogP contribution in [0.25, 0.3) is 11.1 Å². The van der Waals surface area contributed by atoms with E-state index in [1.54, 1.807) is 0 Å². The van der Waals surface area contributed by atoms with Crippen molar-refractivity contribution < 1.29 is 19.4 Å². The summed E-state index contributed by atoms with van der Waals surface area (Å²) in [4.78, 5) is 26.3. The fourth-order valence-corrected chi connectivity index (χ4v) is 4.26. The number of carboxylic acid groups (broad SMARTS) is 1. The molecule has 0 saturated heterocycles. The maximum absolute atomic E-state index is 12.4. The molecule has 174 valence electrons. The molecule has 1 atom stereocenters. The van der Waals surface area contributed by atoms with E-state index in [2.05, 4.69) is 48.3 Å². The number of aliphatic carboxylic acids is 1. The molecule has 32 heavy (non-hydrogen) atoms. The normalized spacial score (nSPS) is 13.1. The van der Waals surface area contributed by atoms with Crippen LogP contribution in [-0.2, 0) is 9.53 Å². The second kappa shape index (κ2) is 12.5. The van der Waals surface area contributed by atoms with Gasteiger partial charge in [-0.2, -0.15) is 0 Å². The molecule has 0 unspecified atom stereocenters. The van der Waals surface area contributed by atoms with Crippen LogP contribution in [0, 0.1) is 0 Å². The summed E-state index contributed by atoms with van der Waals surface area (Å²) in [5, 5.41) is 12.0. The second-order valence-corrected chi connectivity index (χ2v) is 7.88. The third-order valence-corrected chi connectivity index (χ3v) is 6.05. The molecular weight excluding hydrogens is 428 g/mol. The van der Waals surface area contributed by atoms with Crippen LogP contribution < -0.4 is 5.32 Å². The van der Waals surface area contributed by atoms with Gasteiger partial charge in [-0.15, -0.1) is 12.4 Å². The highest BCUT2D eigenvalue weighted by molar-refractivity contribution is 5.85. The highest BCUT2D eigenvalue weighted by Gasteiger charge is 2.29. The van der Waals surface area contributed by atoms with Gasteiger partial charge >= 0.3 is 12.1 Å². The van der Waals surface area contributed by atoms with Crippen molar-refractivity contribution >= 4 is 24.5 Å². The average molecular weight is 461 g/mol. The van der Waals surface area contributed by atoms with Gasteiger partial charge in [0.1, 0.15) is 12.6 Å². The molecule has 0 heterocycles. The maximum Gasteiger partial charge on any atom is 0.407 e. The zero-order valence-electron chi connectivity index (χ0n) is 18.8. The number of hydrogen-bond acceptors (Lipinski definition) is 4. The van der Waals surface area contributed by atoms with E-state index in [0.29, 0.717) is 6.42 Å². The number of hydrogen-bond donors (Lipinski definition) is 2. The van der Waals surface area contributed by atoms with Gasteiger partial charge in [-0.25, -0.2) is 9.59 Å². The molecule has 0 aliphatic heterocycles. The van der Waals surface area contributed by atoms with E-state index in [9.17, 15) is 14.7 Å². The molecule has 2 aromatic rings. The van der Waals surface area contributed by atoms with E-state index in [0.717, 1.165) is 54.7 Å². The topological polar surface area (TPSA) is 78.9 Å². The smallest absolute Gasteiger partial charge is 0.407 e. The molecule has 1 aliphatic rings. The number of alkyl carbamates (subject to hydrolysis) is 1. The van der Waals surface area contributed by atoms with E-state index < -0.39 is 18.1 Å². The standard InChI is InChI=1S/C25H32N2O4.ClH/c1-3-27(4-2)16-10-9-15-23(24(28)29)26-25(30)31-17-22-20-13-7-5-11-18(20)19-12-6-8-14-21(19)22;/h5-8,11-14,22-23H,3-4,9-10,15-17H2,1-2H3,(H,26,30)(H,28,29);1H/t23-;/m0./s1. The predicted octanol–water partition coefficient (Wildman–Crippen LogP) is 4.91. The number of nitrogens with zero attached hydrogens (tertiary/aromatic N) is 1. The summed E-state index contributed by atoms with van der Waals surface area (Å²) in [6.45, 7) is 7.30. The number of fused-ring (bicyclic) bond motifs is 3. The number of ether oxygens (including phenoxy) is 1. The van der Waals surface area contributed by atoms with Gasteiger partial charge in [0.25, 0.3) is 0 Å². The van der Waals surface area contributed by atoms with Crippen LogP contribution in [0.5, 0.6) is 0 Å². The third-order valence-electron chi connectivity index (χ3n) is 6.05. The number of amides is 1. The molecular formula is C25H33ClN2O4. The molecule has 0 radical (unpaired) electrons. The highest BCUT2D eigenvalue weighted by atomic mass is 35.5. The van der Waals surface area contributed by atoms with Crippen molar-refractivity contribution in [2.75, 3.05) is 26.2 Å². The third kappa shape index (κ3) is 6.24. The number of carbonyl (C=O) groups excluding carboxylic acids is 1. The molecule has 6 nitrogen and oxygen atoms in total. The van der Waals surface area contributed by atoms with E-state index in [4.69, 9.17) is 4.74 Å². The predicted molar refractivity (Wildman–Crippen MR) is 129 cm³/mol. The van der Waals surface area contributed by atoms with Gasteiger partial charge in [0, 0.05) is 5.92 Å². The van der Waals surface area contributed by atoms with Crippen molar-refractivity contribution in [3.63, 3.8) is 0 Å². The van der Waals surface area contributed by atoms with Gasteiger partial charge in [-0.3, -0.25) is 0 Å². The van der Waals surface area contributed by atoms with Crippen LogP contribution in [0.4, 0.5) is 4.79 Å². The summed E-state index contributed by atoms with van der Waals surface area (Å²) in [6, 6.07) is 15.3. The lowest BCUT2D eigenvalue weighted by molar-refractivity contribution is -0.139. The fraction of sp³-hybridized carbons (Fsp3) is 0.440. The molecule has 7 heteroatoms. The Balaban J connectivity index is 0.00000363. The van der Waals surface area contributed by atoms with Gasteiger partial charge < -0.3 is 20.1 Å². The lowest BCUT2D eigenvalue weighted by Gasteiger charge is -2.19. The molecule has 1 aliphatic carbocycles. The number of halogens is 1. The molecule has 0 bridgehead atoms. The van der Waals surface area contributed by atoms with Crippen LogP contribution in [-0.4, -0.2) is 54.4 Å². The van der Waals surface area contributed by atoms with Crippen LogP contribution in [0.3, 0.4) is 0 Å². The zero-order chi connectivity index (χ0) is 22.2. The molecule has 1 amide bonds. The Hall–Kier alpha value is -2.57. The first kappa shape index (κ1) is 25.7. The summed E-state index contributed by atoms with van der Waals surface area (Å²) in [5.74, 6) is -1.08. The quantitative estimate of drug-likeness (QED) is 0.465. The Bertz CT molecular complexity index is 856. The van der Waals surface area contributed by atoms with Crippen LogP contribution in [0.2, 0.25) is 0 Å². The minimum absolute atomic E-state index is 0. The second-order valence-electron chi connectivity index (χ2n) is 7.88. The Morgan fingerprint density at radius 3 is 2.09 bits per heavy atom. The van der Waals surface area contributed by atoms with Crippen molar-refractivity contribution in [3.05, 3.63) is 59.7 Å². The van der Waals surface area contributed by atoms with Gasteiger partial charge in [0.15, 0.2) is 0 Å². The number of carbonyl (C=O) groups is 2. The minimum Gasteiger partial charge on any atom is -0.480 e. The molecule has 3 rings (SSSR count). The van der Waals surface area contributed by atoms with Crippen LogP contribution in [0.1, 0.15) is 50.2 Å². The first-order valence-electron chi connectivity index (χ1n) is 11.1. The van der Waals surface area contributed by atoms with Gasteiger partial charge in [0.2, 0.25) is 0 Å². The first-order valence-corrected chi connectivity index (χ1v) is 11.1. The first-order chi connectivity index (χ1) is 15.0. The van der Waals surface area contributed by atoms with Gasteiger partial charge in [-0.05, 0) is 61.2 Å². The Morgan fingerprint density at radius 1 is 1.00 bits per heavy atom. The monoisotopic (exact) mass is 460 g/mol. The molecule has 0 spiro atoms. The molecule has 2 N–H and O–H groups in total. The number of nitrogens with one attached hydrogen (secondary N) is 1. The molecule has 2 aromatic carbocycles. The van der Waals surface area contributed by atoms with Crippen molar-refractivity contribution in [2.24, 2.45) is 0 Å². The Kier molecular flexibility index (Phi) is 10.0. The minimum atomic E-state index is -1.03. The molecule has 0 aromatic heterocycles. The van der Waals surface area contributed by atoms with E-state index >= 15 is 0 Å². The van der Waals surface area contributed by atoms with Gasteiger partial charge in [-0.1, -0.05) is 62.4 Å². The SMILES string of the molecule is CCN(CC)CCCC[C@H](NC(=O)OCC1c2ccccc2-c2ccccc21)C(=O)O.Cl. The van der Waals surface area contributed by atoms with E-state index in [1.807, 2.05) is 24.3 Å². The van der Waals surface area contributed by atoms with Gasteiger partial charge in [0.05, 0.1) is 0 Å². The summed E-state index contributed by atoms with van der Waals surface area (Å²) in [6.07, 6.45) is 1.34. The molecule has 0 saturated carbocycles. The van der Waals surface area contributed by atoms with Crippen LogP contribution in [0.15, 0.2) is 48.5 Å². The number of unbranched alkanes of at least 4 members (excludes halogenated alkanes) is 1. The summed E-state index contributed by atoms with van der Waals surface area (Å²) in [7, 11) is 0. The fourth-order valence-electron chi connectivity index (χ4n) is 4.26. The number of carboxylic acids is 1. The van der Waals surface area contributed by atoms with E-state index in [-0.39, 0.29) is 24.9 Å². The lowest BCUT2D eigenvalue weighted by Crippen LogP contribution is -2.41. The lowest BCUT2D eigenvalue weighted by atomic mass is 9.98. The number of benzene rings is 2. The highest BCUT2D eigenvalue weighted by Crippen LogP contribution is 2.44. The average Bonchev–Trinajstić information content (AvgIpc) is 3.10. The van der Waals surface area contributed by atoms with Crippen LogP contribution >= 0.6 is 12.4 Å². The summed E-state index contributed by atoms with van der Waals surface area (Å²) in [5.41, 5.74) is 4.57. The summed E-state index contributed by atoms with van der Waals surface area (Å²) < 4.78 is 5.48. The Labute approximate surface area is 196 Å². The zero-order valence-corrected chi connectivity index (χ0v) is 19.6. The Morgan fingerprint density at radius 2 is 1.56 bits per heavy atom. The maximum atomic E-state index is 12.4. The van der Waals surface area contributed by atoms with E-state index in [1.165, 1.54) is 0 Å². The summed E-state index contributed by atoms with van der Waals surface area (Å²) >= 11 is 0. The van der Waals surface area contributed by atoms with Crippen molar-refractivity contribution in [1.29, 1.82) is 0 Å². The molecule has 0 fully saturated rings. The number of rotatable bonds is 11.